The van der Waals surface area contributed by atoms with Crippen molar-refractivity contribution in [3.05, 3.63) is 88.3 Å². The first-order valence-electron chi connectivity index (χ1n) is 10.2. The molecule has 158 valence electrons. The number of fused-ring (bicyclic) bond motifs is 1. The Hall–Kier alpha value is -3.38. The quantitative estimate of drug-likeness (QED) is 0.387. The van der Waals surface area contributed by atoms with Crippen molar-refractivity contribution in [2.45, 2.75) is 26.3 Å². The number of para-hydroxylation sites is 1. The summed E-state index contributed by atoms with van der Waals surface area (Å²) in [5.74, 6) is 0.236. The summed E-state index contributed by atoms with van der Waals surface area (Å²) in [6.07, 6.45) is 0.284. The van der Waals surface area contributed by atoms with E-state index in [9.17, 15) is 9.59 Å². The third-order valence-electron chi connectivity index (χ3n) is 5.06. The Labute approximate surface area is 185 Å². The van der Waals surface area contributed by atoms with Gasteiger partial charge in [-0.25, -0.2) is 0 Å². The highest BCUT2D eigenvalue weighted by molar-refractivity contribution is 7.10. The van der Waals surface area contributed by atoms with Crippen molar-refractivity contribution < 1.29 is 14.0 Å². The second-order valence-corrected chi connectivity index (χ2v) is 8.76. The highest BCUT2D eigenvalue weighted by Crippen LogP contribution is 2.26. The molecule has 2 amide bonds. The van der Waals surface area contributed by atoms with Crippen LogP contribution in [0.5, 0.6) is 0 Å². The van der Waals surface area contributed by atoms with Crippen LogP contribution in [-0.4, -0.2) is 11.8 Å². The first kappa shape index (κ1) is 20.9. The third-order valence-corrected chi connectivity index (χ3v) is 6.01. The predicted octanol–water partition coefficient (Wildman–Crippen LogP) is 5.80. The van der Waals surface area contributed by atoms with Crippen molar-refractivity contribution in [1.29, 1.82) is 0 Å². The molecule has 0 saturated carbocycles. The molecule has 0 bridgehead atoms. The molecule has 0 aliphatic rings. The van der Waals surface area contributed by atoms with Gasteiger partial charge in [-0.3, -0.25) is 9.59 Å². The Morgan fingerprint density at radius 3 is 2.45 bits per heavy atom. The fourth-order valence-electron chi connectivity index (χ4n) is 3.44. The maximum absolute atomic E-state index is 12.6. The summed E-state index contributed by atoms with van der Waals surface area (Å²) < 4.78 is 5.60. The summed E-state index contributed by atoms with van der Waals surface area (Å²) in [5.41, 5.74) is 2.21. The number of hydrogen-bond donors (Lipinski definition) is 2. The number of nitrogens with one attached hydrogen (secondary N) is 2. The average molecular weight is 433 g/mol. The lowest BCUT2D eigenvalue weighted by atomic mass is 10.0. The molecule has 2 heterocycles. The van der Waals surface area contributed by atoms with Crippen LogP contribution >= 0.6 is 11.3 Å². The summed E-state index contributed by atoms with van der Waals surface area (Å²) in [7, 11) is 0. The van der Waals surface area contributed by atoms with E-state index in [4.69, 9.17) is 4.42 Å². The molecule has 0 fully saturated rings. The van der Waals surface area contributed by atoms with Gasteiger partial charge in [0.2, 0.25) is 5.91 Å². The Bertz CT molecular complexity index is 1140. The van der Waals surface area contributed by atoms with E-state index in [0.29, 0.717) is 17.2 Å². The van der Waals surface area contributed by atoms with E-state index in [1.54, 1.807) is 29.5 Å². The smallest absolute Gasteiger partial charge is 0.291 e. The van der Waals surface area contributed by atoms with Gasteiger partial charge >= 0.3 is 0 Å². The second-order valence-electron chi connectivity index (χ2n) is 7.78. The Morgan fingerprint density at radius 2 is 1.77 bits per heavy atom. The lowest BCUT2D eigenvalue weighted by Crippen LogP contribution is -2.32. The molecule has 0 aliphatic heterocycles. The number of carbonyl (C=O) groups is 2. The van der Waals surface area contributed by atoms with Gasteiger partial charge in [-0.2, -0.15) is 0 Å². The van der Waals surface area contributed by atoms with Crippen LogP contribution in [0.2, 0.25) is 0 Å². The number of amides is 2. The minimum absolute atomic E-state index is 0.00914. The van der Waals surface area contributed by atoms with Gasteiger partial charge in [-0.1, -0.05) is 50.2 Å². The molecular weight excluding hydrogens is 408 g/mol. The summed E-state index contributed by atoms with van der Waals surface area (Å²) in [6.45, 7) is 4.20. The van der Waals surface area contributed by atoms with Crippen LogP contribution in [0.1, 0.15) is 40.9 Å². The molecule has 6 heteroatoms. The number of rotatable bonds is 7. The Balaban J connectivity index is 1.36. The Morgan fingerprint density at radius 1 is 1.00 bits per heavy atom. The maximum Gasteiger partial charge on any atom is 0.291 e. The molecule has 1 atom stereocenters. The second kappa shape index (κ2) is 9.18. The number of carbonyl (C=O) groups excluding carboxylic acids is 2. The zero-order chi connectivity index (χ0) is 21.8. The maximum atomic E-state index is 12.6. The molecule has 2 aromatic carbocycles. The minimum atomic E-state index is -0.308. The van der Waals surface area contributed by atoms with Crippen LogP contribution in [0, 0.1) is 5.92 Å². The minimum Gasteiger partial charge on any atom is -0.451 e. The average Bonchev–Trinajstić information content (AvgIpc) is 3.43. The fraction of sp³-hybridized carbons (Fsp3) is 0.200. The first-order valence-corrected chi connectivity index (χ1v) is 11.1. The monoisotopic (exact) mass is 432 g/mol. The van der Waals surface area contributed by atoms with Gasteiger partial charge in [0, 0.05) is 16.0 Å². The number of benzene rings is 2. The highest BCUT2D eigenvalue weighted by atomic mass is 32.1. The fourth-order valence-corrected chi connectivity index (χ4v) is 4.39. The van der Waals surface area contributed by atoms with Crippen molar-refractivity contribution >= 4 is 39.8 Å². The highest BCUT2D eigenvalue weighted by Gasteiger charge is 2.19. The Kier molecular flexibility index (Phi) is 6.18. The summed E-state index contributed by atoms with van der Waals surface area (Å²) >= 11 is 1.65. The zero-order valence-corrected chi connectivity index (χ0v) is 18.2. The number of anilines is 1. The van der Waals surface area contributed by atoms with Crippen LogP contribution in [0.3, 0.4) is 0 Å². The van der Waals surface area contributed by atoms with E-state index in [1.807, 2.05) is 47.8 Å². The van der Waals surface area contributed by atoms with E-state index in [-0.39, 0.29) is 30.0 Å². The van der Waals surface area contributed by atoms with Crippen LogP contribution in [-0.2, 0) is 11.2 Å². The lowest BCUT2D eigenvalue weighted by Gasteiger charge is -2.21. The third kappa shape index (κ3) is 5.03. The largest absolute Gasteiger partial charge is 0.451 e. The predicted molar refractivity (Wildman–Crippen MR) is 124 cm³/mol. The molecule has 1 unspecified atom stereocenters. The molecule has 5 nitrogen and oxygen atoms in total. The van der Waals surface area contributed by atoms with E-state index < -0.39 is 0 Å². The van der Waals surface area contributed by atoms with Gasteiger partial charge < -0.3 is 15.1 Å². The van der Waals surface area contributed by atoms with Gasteiger partial charge in [0.15, 0.2) is 5.76 Å². The molecule has 2 aromatic heterocycles. The number of thiophene rings is 1. The molecule has 2 N–H and O–H groups in total. The molecule has 4 aromatic rings. The first-order chi connectivity index (χ1) is 15.0. The number of hydrogen-bond acceptors (Lipinski definition) is 4. The number of furan rings is 1. The molecule has 0 spiro atoms. The molecule has 31 heavy (non-hydrogen) atoms. The molecule has 0 radical (unpaired) electrons. The van der Waals surface area contributed by atoms with Crippen molar-refractivity contribution in [1.82, 2.24) is 5.32 Å². The summed E-state index contributed by atoms with van der Waals surface area (Å²) in [5, 5.41) is 8.88. The molecule has 4 rings (SSSR count). The van der Waals surface area contributed by atoms with Gasteiger partial charge in [-0.15, -0.1) is 11.3 Å². The van der Waals surface area contributed by atoms with Crippen molar-refractivity contribution in [3.8, 4) is 0 Å². The van der Waals surface area contributed by atoms with Crippen LogP contribution in [0.15, 0.2) is 76.5 Å². The molecule has 0 saturated heterocycles. The standard InChI is InChI=1S/C25H24N2O3S/c1-16(2)24(22-8-5-13-31-22)27-23(28)14-17-9-11-19(12-10-17)26-25(29)21-15-18-6-3-4-7-20(18)30-21/h3-13,15-16,24H,14H2,1-2H3,(H,26,29)(H,27,28). The van der Waals surface area contributed by atoms with E-state index in [1.165, 1.54) is 0 Å². The van der Waals surface area contributed by atoms with Crippen molar-refractivity contribution in [2.75, 3.05) is 5.32 Å². The summed E-state index contributed by atoms with van der Waals surface area (Å²) in [4.78, 5) is 26.2. The van der Waals surface area contributed by atoms with E-state index >= 15 is 0 Å². The van der Waals surface area contributed by atoms with Crippen LogP contribution < -0.4 is 10.6 Å². The van der Waals surface area contributed by atoms with Crippen molar-refractivity contribution in [3.63, 3.8) is 0 Å². The van der Waals surface area contributed by atoms with E-state index in [0.717, 1.165) is 15.8 Å². The van der Waals surface area contributed by atoms with Gasteiger partial charge in [0.25, 0.3) is 5.91 Å². The topological polar surface area (TPSA) is 71.3 Å². The van der Waals surface area contributed by atoms with E-state index in [2.05, 4.69) is 30.5 Å². The zero-order valence-electron chi connectivity index (χ0n) is 17.4. The molecule has 0 aliphatic carbocycles. The molecular formula is C25H24N2O3S. The van der Waals surface area contributed by atoms with Gasteiger partial charge in [0.1, 0.15) is 5.58 Å². The summed E-state index contributed by atoms with van der Waals surface area (Å²) in [6, 6.07) is 20.6. The van der Waals surface area contributed by atoms with Crippen molar-refractivity contribution in [2.24, 2.45) is 5.92 Å². The van der Waals surface area contributed by atoms with Gasteiger partial charge in [0.05, 0.1) is 12.5 Å². The SMILES string of the molecule is CC(C)C(NC(=O)Cc1ccc(NC(=O)c2cc3ccccc3o2)cc1)c1cccs1. The lowest BCUT2D eigenvalue weighted by molar-refractivity contribution is -0.121. The van der Waals surface area contributed by atoms with Crippen LogP contribution in [0.4, 0.5) is 5.69 Å². The normalized spacial score (nSPS) is 12.1. The van der Waals surface area contributed by atoms with Gasteiger partial charge in [-0.05, 0) is 47.2 Å². The van der Waals surface area contributed by atoms with Crippen LogP contribution in [0.25, 0.3) is 11.0 Å².